The molecule has 3 aliphatic rings. The van der Waals surface area contributed by atoms with Crippen LogP contribution in [-0.2, 0) is 20.9 Å². The number of ether oxygens (including phenoxy) is 1. The van der Waals surface area contributed by atoms with Crippen molar-refractivity contribution in [2.45, 2.75) is 52.2 Å². The third-order valence-electron chi connectivity index (χ3n) is 6.34. The summed E-state index contributed by atoms with van der Waals surface area (Å²) in [5.41, 5.74) is 0.950. The standard InChI is InChI=1S/C22H28N2O4/c1-13(2)28-17-5-3-4-14(10-17)12-23-18(25)8-9-24-21(26)19-15-6-7-16(11-15)20(19)22(24)27/h3-5,10,13,15-16,19-20H,6-9,11-12H2,1-2H3,(H,23,25)/t15-,16-,19-,20+/m0/s1. The Hall–Kier alpha value is -2.37. The summed E-state index contributed by atoms with van der Waals surface area (Å²) in [7, 11) is 0. The van der Waals surface area contributed by atoms with E-state index >= 15 is 0 Å². The van der Waals surface area contributed by atoms with Crippen LogP contribution in [0.2, 0.25) is 0 Å². The fourth-order valence-corrected chi connectivity index (χ4v) is 5.19. The summed E-state index contributed by atoms with van der Waals surface area (Å²) < 4.78 is 5.66. The van der Waals surface area contributed by atoms with Crippen LogP contribution < -0.4 is 10.1 Å². The lowest BCUT2D eigenvalue weighted by Crippen LogP contribution is -2.36. The first-order valence-electron chi connectivity index (χ1n) is 10.3. The number of nitrogens with zero attached hydrogens (tertiary/aromatic N) is 1. The van der Waals surface area contributed by atoms with E-state index in [2.05, 4.69) is 5.32 Å². The van der Waals surface area contributed by atoms with Gasteiger partial charge in [0.1, 0.15) is 5.75 Å². The molecule has 150 valence electrons. The Bertz CT molecular complexity index is 762. The zero-order valence-electron chi connectivity index (χ0n) is 16.5. The number of likely N-dealkylation sites (tertiary alicyclic amines) is 1. The van der Waals surface area contributed by atoms with Crippen LogP contribution in [0, 0.1) is 23.7 Å². The fraction of sp³-hybridized carbons (Fsp3) is 0.591. The molecule has 6 heteroatoms. The Balaban J connectivity index is 1.27. The first-order valence-corrected chi connectivity index (χ1v) is 10.3. The van der Waals surface area contributed by atoms with Crippen molar-refractivity contribution in [2.75, 3.05) is 6.54 Å². The van der Waals surface area contributed by atoms with Gasteiger partial charge in [-0.3, -0.25) is 19.3 Å². The smallest absolute Gasteiger partial charge is 0.233 e. The normalized spacial score (nSPS) is 28.2. The van der Waals surface area contributed by atoms with Gasteiger partial charge in [0, 0.05) is 19.5 Å². The number of benzene rings is 1. The molecule has 2 aliphatic carbocycles. The summed E-state index contributed by atoms with van der Waals surface area (Å²) in [4.78, 5) is 38.9. The molecular formula is C22H28N2O4. The van der Waals surface area contributed by atoms with Gasteiger partial charge in [0.05, 0.1) is 17.9 Å². The molecule has 0 aromatic heterocycles. The highest BCUT2D eigenvalue weighted by molar-refractivity contribution is 6.06. The summed E-state index contributed by atoms with van der Waals surface area (Å²) in [6, 6.07) is 7.62. The van der Waals surface area contributed by atoms with E-state index in [4.69, 9.17) is 4.74 Å². The fourth-order valence-electron chi connectivity index (χ4n) is 5.19. The maximum atomic E-state index is 12.7. The third kappa shape index (κ3) is 3.52. The van der Waals surface area contributed by atoms with Crippen molar-refractivity contribution in [1.82, 2.24) is 10.2 Å². The van der Waals surface area contributed by atoms with Gasteiger partial charge in [0.25, 0.3) is 0 Å². The van der Waals surface area contributed by atoms with Crippen molar-refractivity contribution >= 4 is 17.7 Å². The minimum Gasteiger partial charge on any atom is -0.491 e. The molecule has 0 unspecified atom stereocenters. The van der Waals surface area contributed by atoms with Crippen LogP contribution in [0.25, 0.3) is 0 Å². The molecule has 1 aromatic rings. The van der Waals surface area contributed by atoms with E-state index < -0.39 is 0 Å². The van der Waals surface area contributed by atoms with Gasteiger partial charge in [-0.05, 0) is 62.6 Å². The predicted molar refractivity (Wildman–Crippen MR) is 103 cm³/mol. The first kappa shape index (κ1) is 19.0. The molecule has 28 heavy (non-hydrogen) atoms. The monoisotopic (exact) mass is 384 g/mol. The number of hydrogen-bond acceptors (Lipinski definition) is 4. The van der Waals surface area contributed by atoms with Crippen molar-refractivity contribution in [2.24, 2.45) is 23.7 Å². The average molecular weight is 384 g/mol. The lowest BCUT2D eigenvalue weighted by Gasteiger charge is -2.19. The van der Waals surface area contributed by atoms with Crippen molar-refractivity contribution in [3.05, 3.63) is 29.8 Å². The molecule has 1 N–H and O–H groups in total. The zero-order valence-corrected chi connectivity index (χ0v) is 16.5. The maximum absolute atomic E-state index is 12.7. The molecular weight excluding hydrogens is 356 g/mol. The van der Waals surface area contributed by atoms with E-state index in [9.17, 15) is 14.4 Å². The number of carbonyl (C=O) groups excluding carboxylic acids is 3. The summed E-state index contributed by atoms with van der Waals surface area (Å²) >= 11 is 0. The minimum absolute atomic E-state index is 0.0477. The largest absolute Gasteiger partial charge is 0.491 e. The van der Waals surface area contributed by atoms with Crippen LogP contribution in [-0.4, -0.2) is 35.3 Å². The third-order valence-corrected chi connectivity index (χ3v) is 6.34. The number of fused-ring (bicyclic) bond motifs is 5. The van der Waals surface area contributed by atoms with Crippen molar-refractivity contribution in [1.29, 1.82) is 0 Å². The molecule has 6 nitrogen and oxygen atoms in total. The number of hydrogen-bond donors (Lipinski definition) is 1. The summed E-state index contributed by atoms with van der Waals surface area (Å²) in [5, 5.41) is 2.87. The van der Waals surface area contributed by atoms with E-state index in [1.807, 2.05) is 38.1 Å². The van der Waals surface area contributed by atoms with Crippen LogP contribution in [0.5, 0.6) is 5.75 Å². The summed E-state index contributed by atoms with van der Waals surface area (Å²) in [6.07, 6.45) is 3.40. The number of rotatable bonds is 7. The molecule has 1 heterocycles. The molecule has 2 saturated carbocycles. The quantitative estimate of drug-likeness (QED) is 0.733. The van der Waals surface area contributed by atoms with Crippen LogP contribution in [0.4, 0.5) is 0 Å². The van der Waals surface area contributed by atoms with Crippen molar-refractivity contribution < 1.29 is 19.1 Å². The van der Waals surface area contributed by atoms with E-state index in [1.165, 1.54) is 4.90 Å². The van der Waals surface area contributed by atoms with Gasteiger partial charge in [0.15, 0.2) is 0 Å². The lowest BCUT2D eigenvalue weighted by atomic mass is 9.81. The number of amides is 3. The van der Waals surface area contributed by atoms with E-state index in [-0.39, 0.29) is 48.6 Å². The van der Waals surface area contributed by atoms with Crippen LogP contribution in [0.3, 0.4) is 0 Å². The molecule has 4 rings (SSSR count). The molecule has 3 fully saturated rings. The molecule has 1 aliphatic heterocycles. The molecule has 1 aromatic carbocycles. The Morgan fingerprint density at radius 3 is 2.50 bits per heavy atom. The first-order chi connectivity index (χ1) is 13.4. The van der Waals surface area contributed by atoms with Crippen molar-refractivity contribution in [3.63, 3.8) is 0 Å². The Morgan fingerprint density at radius 1 is 1.18 bits per heavy atom. The van der Waals surface area contributed by atoms with E-state index in [0.717, 1.165) is 30.6 Å². The van der Waals surface area contributed by atoms with Gasteiger partial charge in [-0.15, -0.1) is 0 Å². The minimum atomic E-state index is -0.157. The predicted octanol–water partition coefficient (Wildman–Crippen LogP) is 2.51. The van der Waals surface area contributed by atoms with Crippen LogP contribution >= 0.6 is 0 Å². The van der Waals surface area contributed by atoms with Gasteiger partial charge in [-0.1, -0.05) is 12.1 Å². The SMILES string of the molecule is CC(C)Oc1cccc(CNC(=O)CCN2C(=O)[C@@H]3[C@H]4CC[C@@H](C4)[C@@H]3C2=O)c1. The van der Waals surface area contributed by atoms with Crippen LogP contribution in [0.1, 0.15) is 45.1 Å². The molecule has 4 atom stereocenters. The molecule has 3 amide bonds. The average Bonchev–Trinajstić information content (AvgIpc) is 3.33. The maximum Gasteiger partial charge on any atom is 0.233 e. The molecule has 2 bridgehead atoms. The van der Waals surface area contributed by atoms with Gasteiger partial charge in [-0.25, -0.2) is 0 Å². The Labute approximate surface area is 165 Å². The van der Waals surface area contributed by atoms with Gasteiger partial charge >= 0.3 is 0 Å². The van der Waals surface area contributed by atoms with Crippen LogP contribution in [0.15, 0.2) is 24.3 Å². The Morgan fingerprint density at radius 2 is 1.86 bits per heavy atom. The molecule has 0 spiro atoms. The van der Waals surface area contributed by atoms with Crippen molar-refractivity contribution in [3.8, 4) is 5.75 Å². The topological polar surface area (TPSA) is 75.7 Å². The second-order valence-corrected chi connectivity index (χ2v) is 8.55. The molecule has 1 saturated heterocycles. The zero-order chi connectivity index (χ0) is 19.8. The van der Waals surface area contributed by atoms with E-state index in [1.54, 1.807) is 0 Å². The lowest BCUT2D eigenvalue weighted by molar-refractivity contribution is -0.141. The highest BCUT2D eigenvalue weighted by Crippen LogP contribution is 2.56. The van der Waals surface area contributed by atoms with E-state index in [0.29, 0.717) is 18.4 Å². The second-order valence-electron chi connectivity index (χ2n) is 8.55. The Kier molecular flexibility index (Phi) is 5.13. The van der Waals surface area contributed by atoms with Gasteiger partial charge in [-0.2, -0.15) is 0 Å². The summed E-state index contributed by atoms with van der Waals surface area (Å²) in [5.74, 6) is 1.06. The number of imide groups is 1. The molecule has 0 radical (unpaired) electrons. The van der Waals surface area contributed by atoms with Gasteiger partial charge in [0.2, 0.25) is 17.7 Å². The number of nitrogens with one attached hydrogen (secondary N) is 1. The second kappa shape index (κ2) is 7.57. The highest BCUT2D eigenvalue weighted by atomic mass is 16.5. The summed E-state index contributed by atoms with van der Waals surface area (Å²) in [6.45, 7) is 4.52. The number of carbonyl (C=O) groups is 3. The highest BCUT2D eigenvalue weighted by Gasteiger charge is 2.60. The van der Waals surface area contributed by atoms with Gasteiger partial charge < -0.3 is 10.1 Å².